The van der Waals surface area contributed by atoms with Crippen molar-refractivity contribution in [2.75, 3.05) is 37.1 Å². The lowest BCUT2D eigenvalue weighted by Crippen LogP contribution is -2.39. The average Bonchev–Trinajstić information content (AvgIpc) is 3.20. The maximum absolute atomic E-state index is 13.2. The molecule has 0 radical (unpaired) electrons. The molecule has 3 N–H and O–H groups in total. The highest BCUT2D eigenvalue weighted by molar-refractivity contribution is 7.90. The van der Waals surface area contributed by atoms with Gasteiger partial charge in [0.05, 0.1) is 35.3 Å². The molecule has 0 saturated carbocycles. The standard InChI is InChI=1S/C21H27N5O5S2/c1-15-3-5-17(6-4-15)33(29,30)26-12-9-18-20(19(22)13-23-21(18)26)24-25-10-7-16(8-11-25)14-31-32(2,27)28/h3-6,9,12-13,16H,7-8,10-11,14,22H2,1-2H3,(H,23,24). The second-order valence-electron chi connectivity index (χ2n) is 8.29. The first-order valence-corrected chi connectivity index (χ1v) is 13.7. The summed E-state index contributed by atoms with van der Waals surface area (Å²) in [5.74, 6) is 0.147. The van der Waals surface area contributed by atoms with E-state index in [2.05, 4.69) is 10.4 Å². The lowest BCUT2D eigenvalue weighted by atomic mass is 9.99. The number of piperidine rings is 1. The topological polar surface area (TPSA) is 137 Å². The van der Waals surface area contributed by atoms with E-state index in [9.17, 15) is 16.8 Å². The molecule has 2 aromatic heterocycles. The molecule has 0 bridgehead atoms. The number of benzene rings is 1. The van der Waals surface area contributed by atoms with E-state index in [1.807, 2.05) is 11.9 Å². The Kier molecular flexibility index (Phi) is 6.36. The largest absolute Gasteiger partial charge is 0.396 e. The van der Waals surface area contributed by atoms with Crippen LogP contribution in [0.2, 0.25) is 0 Å². The van der Waals surface area contributed by atoms with Crippen LogP contribution in [0.3, 0.4) is 0 Å². The zero-order valence-corrected chi connectivity index (χ0v) is 20.1. The Balaban J connectivity index is 1.55. The summed E-state index contributed by atoms with van der Waals surface area (Å²) in [5.41, 5.74) is 11.7. The number of rotatable bonds is 7. The predicted octanol–water partition coefficient (Wildman–Crippen LogP) is 2.18. The van der Waals surface area contributed by atoms with Gasteiger partial charge in [-0.05, 0) is 43.9 Å². The molecule has 3 heterocycles. The maximum atomic E-state index is 13.2. The molecule has 1 fully saturated rings. The van der Waals surface area contributed by atoms with E-state index in [-0.39, 0.29) is 23.1 Å². The van der Waals surface area contributed by atoms with E-state index >= 15 is 0 Å². The first kappa shape index (κ1) is 23.5. The first-order valence-electron chi connectivity index (χ1n) is 10.5. The van der Waals surface area contributed by atoms with Gasteiger partial charge in [0, 0.05) is 24.7 Å². The monoisotopic (exact) mass is 493 g/mol. The number of pyridine rings is 1. The van der Waals surface area contributed by atoms with Gasteiger partial charge in [-0.2, -0.15) is 8.42 Å². The molecule has 3 aromatic rings. The molecule has 12 heteroatoms. The van der Waals surface area contributed by atoms with Gasteiger partial charge in [-0.25, -0.2) is 22.4 Å². The molecule has 1 aliphatic heterocycles. The summed E-state index contributed by atoms with van der Waals surface area (Å²) in [6.07, 6.45) is 5.47. The Hall–Kier alpha value is -2.67. The highest BCUT2D eigenvalue weighted by Gasteiger charge is 2.24. The Labute approximate surface area is 193 Å². The average molecular weight is 494 g/mol. The number of nitrogens with one attached hydrogen (secondary N) is 1. The molecule has 0 atom stereocenters. The van der Waals surface area contributed by atoms with Gasteiger partial charge in [0.15, 0.2) is 5.65 Å². The van der Waals surface area contributed by atoms with Crippen molar-refractivity contribution in [2.45, 2.75) is 24.7 Å². The molecule has 0 amide bonds. The van der Waals surface area contributed by atoms with Crippen LogP contribution in [0.5, 0.6) is 0 Å². The van der Waals surface area contributed by atoms with Crippen LogP contribution < -0.4 is 11.2 Å². The number of hydrogen-bond donors (Lipinski definition) is 2. The van der Waals surface area contributed by atoms with Crippen molar-refractivity contribution in [3.05, 3.63) is 48.3 Å². The van der Waals surface area contributed by atoms with E-state index in [0.29, 0.717) is 29.9 Å². The zero-order chi connectivity index (χ0) is 23.8. The van der Waals surface area contributed by atoms with E-state index in [4.69, 9.17) is 9.92 Å². The summed E-state index contributed by atoms with van der Waals surface area (Å²) in [6.45, 7) is 3.38. The summed E-state index contributed by atoms with van der Waals surface area (Å²) < 4.78 is 54.9. The third-order valence-corrected chi connectivity index (χ3v) is 7.93. The molecule has 0 unspecified atom stereocenters. The molecule has 1 aromatic carbocycles. The van der Waals surface area contributed by atoms with Gasteiger partial charge in [0.1, 0.15) is 0 Å². The second-order valence-corrected chi connectivity index (χ2v) is 11.7. The van der Waals surface area contributed by atoms with Gasteiger partial charge in [-0.15, -0.1) is 0 Å². The zero-order valence-electron chi connectivity index (χ0n) is 18.4. The van der Waals surface area contributed by atoms with E-state index in [0.717, 1.165) is 28.6 Å². The minimum Gasteiger partial charge on any atom is -0.396 e. The smallest absolute Gasteiger partial charge is 0.269 e. The maximum Gasteiger partial charge on any atom is 0.269 e. The van der Waals surface area contributed by atoms with Crippen molar-refractivity contribution in [1.82, 2.24) is 14.0 Å². The van der Waals surface area contributed by atoms with Crippen molar-refractivity contribution in [1.29, 1.82) is 0 Å². The molecule has 0 spiro atoms. The number of nitrogens with zero attached hydrogens (tertiary/aromatic N) is 3. The fourth-order valence-electron chi connectivity index (χ4n) is 3.81. The van der Waals surface area contributed by atoms with E-state index in [1.54, 1.807) is 30.3 Å². The Bertz CT molecular complexity index is 1360. The van der Waals surface area contributed by atoms with Crippen molar-refractivity contribution >= 4 is 42.5 Å². The molecule has 1 aliphatic rings. The van der Waals surface area contributed by atoms with Crippen molar-refractivity contribution in [2.24, 2.45) is 5.92 Å². The summed E-state index contributed by atoms with van der Waals surface area (Å²) in [5, 5.41) is 2.57. The molecule has 1 saturated heterocycles. The number of aryl methyl sites for hydroxylation is 1. The van der Waals surface area contributed by atoms with Crippen LogP contribution in [0.1, 0.15) is 18.4 Å². The molecule has 10 nitrogen and oxygen atoms in total. The van der Waals surface area contributed by atoms with Gasteiger partial charge in [-0.3, -0.25) is 4.18 Å². The van der Waals surface area contributed by atoms with Crippen LogP contribution in [0, 0.1) is 12.8 Å². The van der Waals surface area contributed by atoms with Crippen LogP contribution in [0.15, 0.2) is 47.6 Å². The van der Waals surface area contributed by atoms with E-state index in [1.165, 1.54) is 12.4 Å². The lowest BCUT2D eigenvalue weighted by molar-refractivity contribution is 0.163. The fourth-order valence-corrected chi connectivity index (χ4v) is 5.55. The molecular formula is C21H27N5O5S2. The van der Waals surface area contributed by atoms with Crippen LogP contribution in [0.4, 0.5) is 11.4 Å². The Morgan fingerprint density at radius 3 is 2.42 bits per heavy atom. The number of nitrogen functional groups attached to an aromatic ring is 1. The highest BCUT2D eigenvalue weighted by atomic mass is 32.2. The fraction of sp³-hybridized carbons (Fsp3) is 0.381. The van der Waals surface area contributed by atoms with Crippen LogP contribution in [0.25, 0.3) is 11.0 Å². The van der Waals surface area contributed by atoms with Crippen LogP contribution in [-0.4, -0.2) is 56.8 Å². The number of aromatic nitrogens is 2. The minimum absolute atomic E-state index is 0.147. The third-order valence-electron chi connectivity index (χ3n) is 5.69. The van der Waals surface area contributed by atoms with Gasteiger partial charge < -0.3 is 11.2 Å². The number of anilines is 2. The van der Waals surface area contributed by atoms with Gasteiger partial charge >= 0.3 is 0 Å². The molecule has 178 valence electrons. The van der Waals surface area contributed by atoms with E-state index < -0.39 is 20.1 Å². The Morgan fingerprint density at radius 2 is 1.79 bits per heavy atom. The predicted molar refractivity (Wildman–Crippen MR) is 127 cm³/mol. The summed E-state index contributed by atoms with van der Waals surface area (Å²) in [7, 11) is -7.27. The molecule has 33 heavy (non-hydrogen) atoms. The number of fused-ring (bicyclic) bond motifs is 1. The van der Waals surface area contributed by atoms with Crippen molar-refractivity contribution < 1.29 is 21.0 Å². The lowest BCUT2D eigenvalue weighted by Gasteiger charge is -2.32. The summed E-state index contributed by atoms with van der Waals surface area (Å²) in [6, 6.07) is 8.33. The highest BCUT2D eigenvalue weighted by Crippen LogP contribution is 2.32. The van der Waals surface area contributed by atoms with Gasteiger partial charge in [0.2, 0.25) is 0 Å². The quantitative estimate of drug-likeness (QED) is 0.474. The summed E-state index contributed by atoms with van der Waals surface area (Å²) in [4.78, 5) is 4.47. The first-order chi connectivity index (χ1) is 15.5. The molecular weight excluding hydrogens is 466 g/mol. The van der Waals surface area contributed by atoms with Crippen LogP contribution in [-0.2, 0) is 24.3 Å². The molecule has 0 aliphatic carbocycles. The SMILES string of the molecule is Cc1ccc(S(=O)(=O)n2ccc3c(NN4CCC(COS(C)(=O)=O)CC4)c(N)cnc32)cc1. The Morgan fingerprint density at radius 1 is 1.12 bits per heavy atom. The normalized spacial score (nSPS) is 16.3. The van der Waals surface area contributed by atoms with Crippen molar-refractivity contribution in [3.8, 4) is 0 Å². The minimum atomic E-state index is -3.82. The number of hydrazine groups is 1. The number of nitrogens with two attached hydrogens (primary N) is 1. The van der Waals surface area contributed by atoms with Crippen LogP contribution >= 0.6 is 0 Å². The van der Waals surface area contributed by atoms with Gasteiger partial charge in [0.25, 0.3) is 20.1 Å². The van der Waals surface area contributed by atoms with Gasteiger partial charge in [-0.1, -0.05) is 17.7 Å². The van der Waals surface area contributed by atoms with Crippen molar-refractivity contribution in [3.63, 3.8) is 0 Å². The number of hydrogen-bond acceptors (Lipinski definition) is 9. The molecule has 4 rings (SSSR count). The third kappa shape index (κ3) is 5.13. The summed E-state index contributed by atoms with van der Waals surface area (Å²) >= 11 is 0. The second kappa shape index (κ2) is 8.93.